The van der Waals surface area contributed by atoms with Crippen LogP contribution in [0.3, 0.4) is 0 Å². The predicted molar refractivity (Wildman–Crippen MR) is 72.8 cm³/mol. The monoisotopic (exact) mass is 245 g/mol. The molecule has 1 nitrogen and oxygen atoms in total. The van der Waals surface area contributed by atoms with Crippen molar-refractivity contribution in [1.82, 2.24) is 5.32 Å². The lowest BCUT2D eigenvalue weighted by Gasteiger charge is -2.38. The van der Waals surface area contributed by atoms with Gasteiger partial charge in [-0.15, -0.1) is 6.42 Å². The molecule has 0 spiro atoms. The summed E-state index contributed by atoms with van der Waals surface area (Å²) in [4.78, 5) is 0. The summed E-state index contributed by atoms with van der Waals surface area (Å²) >= 11 is 0. The van der Waals surface area contributed by atoms with Crippen LogP contribution in [0.25, 0.3) is 0 Å². The van der Waals surface area contributed by atoms with E-state index in [2.05, 4.69) is 18.2 Å². The lowest BCUT2D eigenvalue weighted by atomic mass is 9.75. The van der Waals surface area contributed by atoms with Gasteiger partial charge in [-0.2, -0.15) is 0 Å². The Balaban J connectivity index is 1.82. The minimum atomic E-state index is -0.142. The Labute approximate surface area is 109 Å². The molecule has 2 rings (SSSR count). The number of terminal acetylenes is 1. The minimum Gasteiger partial charge on any atom is -0.301 e. The van der Waals surface area contributed by atoms with Crippen molar-refractivity contribution in [2.45, 2.75) is 50.6 Å². The summed E-state index contributed by atoms with van der Waals surface area (Å²) < 4.78 is 13.1. The Morgan fingerprint density at radius 2 is 2.28 bits per heavy atom. The van der Waals surface area contributed by atoms with Crippen molar-refractivity contribution in [2.75, 3.05) is 0 Å². The molecule has 2 heteroatoms. The lowest BCUT2D eigenvalue weighted by Crippen LogP contribution is -2.45. The van der Waals surface area contributed by atoms with E-state index in [1.807, 2.05) is 6.07 Å². The van der Waals surface area contributed by atoms with E-state index in [9.17, 15) is 4.39 Å². The quantitative estimate of drug-likeness (QED) is 0.783. The fraction of sp³-hybridized carbons (Fsp3) is 0.500. The highest BCUT2D eigenvalue weighted by atomic mass is 19.1. The molecular weight excluding hydrogens is 225 g/mol. The summed E-state index contributed by atoms with van der Waals surface area (Å²) in [5.41, 5.74) is 1.11. The van der Waals surface area contributed by atoms with E-state index >= 15 is 0 Å². The van der Waals surface area contributed by atoms with Crippen molar-refractivity contribution in [3.63, 3.8) is 0 Å². The van der Waals surface area contributed by atoms with Crippen molar-refractivity contribution in [2.24, 2.45) is 0 Å². The van der Waals surface area contributed by atoms with Crippen LogP contribution < -0.4 is 5.32 Å². The normalized spacial score (nSPS) is 24.1. The molecule has 1 aliphatic carbocycles. The lowest BCUT2D eigenvalue weighted by molar-refractivity contribution is 0.275. The molecule has 0 aromatic heterocycles. The molecule has 1 atom stereocenters. The van der Waals surface area contributed by atoms with Gasteiger partial charge in [0.2, 0.25) is 0 Å². The van der Waals surface area contributed by atoms with Gasteiger partial charge in [0.25, 0.3) is 0 Å². The summed E-state index contributed by atoms with van der Waals surface area (Å²) in [6.45, 7) is 2.14. The van der Waals surface area contributed by atoms with E-state index in [-0.39, 0.29) is 11.9 Å². The van der Waals surface area contributed by atoms with Crippen molar-refractivity contribution in [3.8, 4) is 12.3 Å². The van der Waals surface area contributed by atoms with Gasteiger partial charge in [0.05, 0.1) is 6.04 Å². The van der Waals surface area contributed by atoms with Crippen LogP contribution >= 0.6 is 0 Å². The van der Waals surface area contributed by atoms with Gasteiger partial charge in [0, 0.05) is 6.04 Å². The summed E-state index contributed by atoms with van der Waals surface area (Å²) in [7, 11) is 0. The molecule has 1 N–H and O–H groups in total. The van der Waals surface area contributed by atoms with Gasteiger partial charge < -0.3 is 5.32 Å². The number of hydrogen-bond donors (Lipinski definition) is 1. The molecule has 18 heavy (non-hydrogen) atoms. The molecule has 1 unspecified atom stereocenters. The molecular formula is C16H20FN. The van der Waals surface area contributed by atoms with E-state index in [1.165, 1.54) is 6.07 Å². The van der Waals surface area contributed by atoms with Crippen LogP contribution in [-0.2, 0) is 0 Å². The van der Waals surface area contributed by atoms with Gasteiger partial charge in [-0.1, -0.05) is 31.4 Å². The number of hydrogen-bond acceptors (Lipinski definition) is 1. The average Bonchev–Trinajstić information content (AvgIpc) is 2.31. The number of rotatable bonds is 5. The third-order valence-corrected chi connectivity index (χ3v) is 3.67. The van der Waals surface area contributed by atoms with Crippen LogP contribution in [0.4, 0.5) is 4.39 Å². The second kappa shape index (κ2) is 6.02. The largest absolute Gasteiger partial charge is 0.301 e. The molecule has 0 saturated heterocycles. The van der Waals surface area contributed by atoms with Crippen molar-refractivity contribution >= 4 is 0 Å². The summed E-state index contributed by atoms with van der Waals surface area (Å²) in [5.74, 6) is 3.14. The molecule has 1 fully saturated rings. The molecule has 0 amide bonds. The third-order valence-electron chi connectivity index (χ3n) is 3.67. The Morgan fingerprint density at radius 1 is 1.50 bits per heavy atom. The van der Waals surface area contributed by atoms with Crippen LogP contribution in [-0.4, -0.2) is 12.1 Å². The fourth-order valence-electron chi connectivity index (χ4n) is 2.57. The zero-order chi connectivity index (χ0) is 13.0. The average molecular weight is 245 g/mol. The van der Waals surface area contributed by atoms with Crippen LogP contribution in [0, 0.1) is 18.2 Å². The molecule has 1 saturated carbocycles. The van der Waals surface area contributed by atoms with Gasteiger partial charge in [0.1, 0.15) is 5.82 Å². The van der Waals surface area contributed by atoms with E-state index in [0.717, 1.165) is 31.2 Å². The second-order valence-electron chi connectivity index (χ2n) is 5.09. The molecule has 96 valence electrons. The maximum absolute atomic E-state index is 13.1. The highest BCUT2D eigenvalue weighted by molar-refractivity contribution is 5.24. The molecule has 0 heterocycles. The van der Waals surface area contributed by atoms with Crippen molar-refractivity contribution in [3.05, 3.63) is 35.6 Å². The Kier molecular flexibility index (Phi) is 4.38. The SMILES string of the molecule is C#CC(CCC)NC1CC(c2cccc(F)c2)C1. The number of nitrogens with one attached hydrogen (secondary N) is 1. The summed E-state index contributed by atoms with van der Waals surface area (Å²) in [6, 6.07) is 7.61. The molecule has 1 aromatic rings. The van der Waals surface area contributed by atoms with E-state index in [0.29, 0.717) is 12.0 Å². The third kappa shape index (κ3) is 3.11. The van der Waals surface area contributed by atoms with E-state index in [4.69, 9.17) is 6.42 Å². The van der Waals surface area contributed by atoms with E-state index in [1.54, 1.807) is 12.1 Å². The van der Waals surface area contributed by atoms with Gasteiger partial charge in [0.15, 0.2) is 0 Å². The smallest absolute Gasteiger partial charge is 0.123 e. The fourth-order valence-corrected chi connectivity index (χ4v) is 2.57. The van der Waals surface area contributed by atoms with E-state index < -0.39 is 0 Å². The van der Waals surface area contributed by atoms with Crippen LogP contribution in [0.15, 0.2) is 24.3 Å². The zero-order valence-electron chi connectivity index (χ0n) is 10.8. The van der Waals surface area contributed by atoms with Gasteiger partial charge >= 0.3 is 0 Å². The van der Waals surface area contributed by atoms with Crippen molar-refractivity contribution in [1.29, 1.82) is 0 Å². The summed E-state index contributed by atoms with van der Waals surface area (Å²) in [6.07, 6.45) is 9.74. The molecule has 1 aromatic carbocycles. The Bertz CT molecular complexity index is 429. The molecule has 0 aliphatic heterocycles. The number of halogens is 1. The standard InChI is InChI=1S/C16H20FN/c1-3-6-15(4-2)18-16-10-13(11-16)12-7-5-8-14(17)9-12/h2,5,7-9,13,15-16,18H,3,6,10-11H2,1H3. The van der Waals surface area contributed by atoms with Crippen LogP contribution in [0.1, 0.15) is 44.1 Å². The highest BCUT2D eigenvalue weighted by Crippen LogP contribution is 2.37. The topological polar surface area (TPSA) is 12.0 Å². The second-order valence-corrected chi connectivity index (χ2v) is 5.09. The molecule has 0 bridgehead atoms. The van der Waals surface area contributed by atoms with Crippen molar-refractivity contribution < 1.29 is 4.39 Å². The first-order valence-corrected chi connectivity index (χ1v) is 6.70. The maximum atomic E-state index is 13.1. The first kappa shape index (κ1) is 13.1. The zero-order valence-corrected chi connectivity index (χ0v) is 10.8. The van der Waals surface area contributed by atoms with Crippen LogP contribution in [0.2, 0.25) is 0 Å². The Morgan fingerprint density at radius 3 is 2.89 bits per heavy atom. The van der Waals surface area contributed by atoms with Gasteiger partial charge in [-0.05, 0) is 42.9 Å². The molecule has 1 aliphatic rings. The van der Waals surface area contributed by atoms with Crippen LogP contribution in [0.5, 0.6) is 0 Å². The van der Waals surface area contributed by atoms with Gasteiger partial charge in [-0.3, -0.25) is 0 Å². The first-order valence-electron chi connectivity index (χ1n) is 6.70. The molecule has 0 radical (unpaired) electrons. The maximum Gasteiger partial charge on any atom is 0.123 e. The first-order chi connectivity index (χ1) is 8.72. The van der Waals surface area contributed by atoms with Gasteiger partial charge in [-0.25, -0.2) is 4.39 Å². The minimum absolute atomic E-state index is 0.142. The summed E-state index contributed by atoms with van der Waals surface area (Å²) in [5, 5.41) is 3.49. The Hall–Kier alpha value is -1.33. The predicted octanol–water partition coefficient (Wildman–Crippen LogP) is 3.46. The highest BCUT2D eigenvalue weighted by Gasteiger charge is 2.31. The number of benzene rings is 1.